The van der Waals surface area contributed by atoms with Crippen molar-refractivity contribution in [2.75, 3.05) is 11.9 Å². The molecule has 0 unspecified atom stereocenters. The van der Waals surface area contributed by atoms with E-state index in [1.54, 1.807) is 0 Å². The summed E-state index contributed by atoms with van der Waals surface area (Å²) < 4.78 is 1.32. The number of halogens is 1. The lowest BCUT2D eigenvalue weighted by molar-refractivity contribution is 0.333. The van der Waals surface area contributed by atoms with Crippen LogP contribution in [0.3, 0.4) is 0 Å². The van der Waals surface area contributed by atoms with E-state index in [1.807, 2.05) is 0 Å². The molecule has 1 aromatic rings. The maximum atomic E-state index is 3.51. The zero-order chi connectivity index (χ0) is 9.10. The highest BCUT2D eigenvalue weighted by molar-refractivity contribution is 14.1. The average molecular weight is 287 g/mol. The van der Waals surface area contributed by atoms with Crippen molar-refractivity contribution >= 4 is 28.3 Å². The minimum absolute atomic E-state index is 0.927. The third kappa shape index (κ3) is 2.36. The summed E-state index contributed by atoms with van der Waals surface area (Å²) in [7, 11) is 0. The van der Waals surface area contributed by atoms with E-state index in [2.05, 4.69) is 52.2 Å². The standard InChI is InChI=1S/C11H14IN/c12-10-6-1-2-7-11(10)13-8-9-4-3-5-9/h1-2,6-7,9,13H,3-5,8H2. The molecule has 1 saturated carbocycles. The van der Waals surface area contributed by atoms with Crippen LogP contribution < -0.4 is 5.32 Å². The molecular formula is C11H14IN. The molecule has 0 radical (unpaired) electrons. The quantitative estimate of drug-likeness (QED) is 0.839. The van der Waals surface area contributed by atoms with Crippen molar-refractivity contribution in [1.82, 2.24) is 0 Å². The van der Waals surface area contributed by atoms with Crippen LogP contribution in [0.4, 0.5) is 5.69 Å². The van der Waals surface area contributed by atoms with Gasteiger partial charge in [0.1, 0.15) is 0 Å². The number of benzene rings is 1. The molecule has 1 fully saturated rings. The fraction of sp³-hybridized carbons (Fsp3) is 0.455. The molecule has 2 heteroatoms. The Morgan fingerprint density at radius 1 is 1.31 bits per heavy atom. The van der Waals surface area contributed by atoms with E-state index < -0.39 is 0 Å². The summed E-state index contributed by atoms with van der Waals surface area (Å²) in [6, 6.07) is 8.46. The molecule has 0 heterocycles. The van der Waals surface area contributed by atoms with E-state index in [1.165, 1.54) is 28.5 Å². The molecule has 0 saturated heterocycles. The molecule has 1 N–H and O–H groups in total. The smallest absolute Gasteiger partial charge is 0.0475 e. The molecule has 1 nitrogen and oxygen atoms in total. The third-order valence-corrected chi connectivity index (χ3v) is 3.62. The highest BCUT2D eigenvalue weighted by atomic mass is 127. The van der Waals surface area contributed by atoms with Crippen LogP contribution in [0.2, 0.25) is 0 Å². The first-order valence-corrected chi connectivity index (χ1v) is 5.92. The molecule has 0 aromatic heterocycles. The van der Waals surface area contributed by atoms with Crippen LogP contribution in [-0.2, 0) is 0 Å². The second-order valence-corrected chi connectivity index (χ2v) is 4.82. The lowest BCUT2D eigenvalue weighted by Gasteiger charge is -2.26. The van der Waals surface area contributed by atoms with Gasteiger partial charge in [-0.1, -0.05) is 18.6 Å². The van der Waals surface area contributed by atoms with Gasteiger partial charge in [0.25, 0.3) is 0 Å². The van der Waals surface area contributed by atoms with Gasteiger partial charge in [-0.05, 0) is 53.5 Å². The van der Waals surface area contributed by atoms with E-state index in [-0.39, 0.29) is 0 Å². The Labute approximate surface area is 93.1 Å². The fourth-order valence-electron chi connectivity index (χ4n) is 1.56. The van der Waals surface area contributed by atoms with Crippen molar-refractivity contribution in [1.29, 1.82) is 0 Å². The number of rotatable bonds is 3. The Balaban J connectivity index is 1.89. The summed E-state index contributed by atoms with van der Waals surface area (Å²) >= 11 is 2.37. The van der Waals surface area contributed by atoms with Crippen molar-refractivity contribution in [2.24, 2.45) is 5.92 Å². The van der Waals surface area contributed by atoms with E-state index in [9.17, 15) is 0 Å². The number of para-hydroxylation sites is 1. The van der Waals surface area contributed by atoms with Crippen molar-refractivity contribution in [2.45, 2.75) is 19.3 Å². The largest absolute Gasteiger partial charge is 0.384 e. The zero-order valence-corrected chi connectivity index (χ0v) is 9.75. The van der Waals surface area contributed by atoms with Crippen LogP contribution in [0.5, 0.6) is 0 Å². The Morgan fingerprint density at radius 3 is 2.69 bits per heavy atom. The van der Waals surface area contributed by atoms with Crippen LogP contribution in [-0.4, -0.2) is 6.54 Å². The summed E-state index contributed by atoms with van der Waals surface area (Å²) in [6.45, 7) is 1.15. The predicted octanol–water partition coefficient (Wildman–Crippen LogP) is 3.50. The van der Waals surface area contributed by atoms with E-state index in [0.29, 0.717) is 0 Å². The van der Waals surface area contributed by atoms with Crippen LogP contribution in [0.25, 0.3) is 0 Å². The molecule has 13 heavy (non-hydrogen) atoms. The highest BCUT2D eigenvalue weighted by Crippen LogP contribution is 2.27. The Hall–Kier alpha value is -0.250. The van der Waals surface area contributed by atoms with Gasteiger partial charge in [-0.15, -0.1) is 0 Å². The SMILES string of the molecule is Ic1ccccc1NCC1CCC1. The van der Waals surface area contributed by atoms with Gasteiger partial charge in [-0.25, -0.2) is 0 Å². The Morgan fingerprint density at radius 2 is 2.08 bits per heavy atom. The minimum Gasteiger partial charge on any atom is -0.384 e. The molecule has 2 rings (SSSR count). The number of hydrogen-bond donors (Lipinski definition) is 1. The van der Waals surface area contributed by atoms with Gasteiger partial charge >= 0.3 is 0 Å². The molecule has 0 spiro atoms. The third-order valence-electron chi connectivity index (χ3n) is 2.68. The first-order valence-electron chi connectivity index (χ1n) is 4.84. The first-order chi connectivity index (χ1) is 6.36. The minimum atomic E-state index is 0.927. The normalized spacial score (nSPS) is 16.7. The molecular weight excluding hydrogens is 273 g/mol. The van der Waals surface area contributed by atoms with Gasteiger partial charge in [0.2, 0.25) is 0 Å². The first kappa shape index (κ1) is 9.31. The van der Waals surface area contributed by atoms with Crippen molar-refractivity contribution in [3.63, 3.8) is 0 Å². The van der Waals surface area contributed by atoms with Crippen molar-refractivity contribution in [3.05, 3.63) is 27.8 Å². The molecule has 1 aliphatic rings. The van der Waals surface area contributed by atoms with Gasteiger partial charge < -0.3 is 5.32 Å². The van der Waals surface area contributed by atoms with Crippen LogP contribution in [0, 0.1) is 9.49 Å². The second-order valence-electron chi connectivity index (χ2n) is 3.66. The van der Waals surface area contributed by atoms with Gasteiger partial charge in [-0.3, -0.25) is 0 Å². The number of hydrogen-bond acceptors (Lipinski definition) is 1. The lowest BCUT2D eigenvalue weighted by atomic mass is 9.85. The van der Waals surface area contributed by atoms with Gasteiger partial charge in [-0.2, -0.15) is 0 Å². The number of nitrogens with one attached hydrogen (secondary N) is 1. The second kappa shape index (κ2) is 4.31. The average Bonchev–Trinajstić information content (AvgIpc) is 2.05. The van der Waals surface area contributed by atoms with Crippen molar-refractivity contribution in [3.8, 4) is 0 Å². The predicted molar refractivity (Wildman–Crippen MR) is 65.0 cm³/mol. The Bertz CT molecular complexity index is 281. The number of anilines is 1. The van der Waals surface area contributed by atoms with E-state index in [4.69, 9.17) is 0 Å². The zero-order valence-electron chi connectivity index (χ0n) is 7.59. The van der Waals surface area contributed by atoms with Crippen molar-refractivity contribution < 1.29 is 0 Å². The highest BCUT2D eigenvalue weighted by Gasteiger charge is 2.16. The molecule has 0 aliphatic heterocycles. The lowest BCUT2D eigenvalue weighted by Crippen LogP contribution is -2.21. The van der Waals surface area contributed by atoms with Gasteiger partial charge in [0.05, 0.1) is 0 Å². The molecule has 1 aromatic carbocycles. The fourth-order valence-corrected chi connectivity index (χ4v) is 2.13. The topological polar surface area (TPSA) is 12.0 Å². The Kier molecular flexibility index (Phi) is 3.09. The summed E-state index contributed by atoms with van der Waals surface area (Å²) in [5.74, 6) is 0.927. The van der Waals surface area contributed by atoms with Crippen LogP contribution in [0.15, 0.2) is 24.3 Å². The molecule has 1 aliphatic carbocycles. The molecule has 0 atom stereocenters. The van der Waals surface area contributed by atoms with E-state index in [0.717, 1.165) is 12.5 Å². The van der Waals surface area contributed by atoms with Crippen LogP contribution >= 0.6 is 22.6 Å². The molecule has 0 bridgehead atoms. The van der Waals surface area contributed by atoms with Gasteiger partial charge in [0, 0.05) is 15.8 Å². The monoisotopic (exact) mass is 287 g/mol. The summed E-state index contributed by atoms with van der Waals surface area (Å²) in [4.78, 5) is 0. The van der Waals surface area contributed by atoms with E-state index >= 15 is 0 Å². The summed E-state index contributed by atoms with van der Waals surface area (Å²) in [5.41, 5.74) is 1.29. The maximum Gasteiger partial charge on any atom is 0.0475 e. The molecule has 70 valence electrons. The van der Waals surface area contributed by atoms with Crippen LogP contribution in [0.1, 0.15) is 19.3 Å². The summed E-state index contributed by atoms with van der Waals surface area (Å²) in [5, 5.41) is 3.51. The summed E-state index contributed by atoms with van der Waals surface area (Å²) in [6.07, 6.45) is 4.26. The van der Waals surface area contributed by atoms with Gasteiger partial charge in [0.15, 0.2) is 0 Å². The molecule has 0 amide bonds. The maximum absolute atomic E-state index is 3.51.